The van der Waals surface area contributed by atoms with Crippen molar-refractivity contribution in [2.75, 3.05) is 32.8 Å². The van der Waals surface area contributed by atoms with E-state index in [1.807, 2.05) is 0 Å². The highest BCUT2D eigenvalue weighted by Gasteiger charge is 2.55. The summed E-state index contributed by atoms with van der Waals surface area (Å²) in [6.45, 7) is 16.7. The lowest BCUT2D eigenvalue weighted by Crippen LogP contribution is -2.55. The molecule has 4 N–H and O–H groups in total. The van der Waals surface area contributed by atoms with E-state index in [1.54, 1.807) is 18.7 Å². The van der Waals surface area contributed by atoms with Gasteiger partial charge in [0, 0.05) is 56.4 Å². The predicted molar refractivity (Wildman–Crippen MR) is 161 cm³/mol. The van der Waals surface area contributed by atoms with Crippen LogP contribution < -0.4 is 21.4 Å². The van der Waals surface area contributed by atoms with E-state index < -0.39 is 0 Å². The van der Waals surface area contributed by atoms with Crippen LogP contribution in [0.4, 0.5) is 0 Å². The lowest BCUT2D eigenvalue weighted by atomic mass is 9.74. The molecule has 1 saturated heterocycles. The molecule has 0 aromatic rings. The third kappa shape index (κ3) is 9.10. The van der Waals surface area contributed by atoms with Crippen LogP contribution in [-0.4, -0.2) is 66.1 Å². The maximum absolute atomic E-state index is 12.7. The van der Waals surface area contributed by atoms with E-state index in [9.17, 15) is 9.59 Å². The number of hydrazine groups is 1. The summed E-state index contributed by atoms with van der Waals surface area (Å²) in [6.07, 6.45) is 12.8. The van der Waals surface area contributed by atoms with Gasteiger partial charge in [-0.25, -0.2) is 5.01 Å². The van der Waals surface area contributed by atoms with Crippen LogP contribution >= 0.6 is 11.8 Å². The zero-order valence-corrected chi connectivity index (χ0v) is 25.8. The Hall–Kier alpha value is -1.81. The smallest absolute Gasteiger partial charge is 0.225 e. The number of hydrogen-bond acceptors (Lipinski definition) is 7. The molecule has 220 valence electrons. The van der Waals surface area contributed by atoms with Gasteiger partial charge < -0.3 is 20.7 Å². The van der Waals surface area contributed by atoms with Crippen LogP contribution in [-0.2, 0) is 14.3 Å². The number of rotatable bonds is 14. The Morgan fingerprint density at radius 1 is 1.23 bits per heavy atom. The fraction of sp³-hybridized carbons (Fsp3) is 0.733. The first-order valence-electron chi connectivity index (χ1n) is 14.6. The first-order valence-corrected chi connectivity index (χ1v) is 15.5. The maximum Gasteiger partial charge on any atom is 0.225 e. The van der Waals surface area contributed by atoms with Crippen LogP contribution in [0.2, 0.25) is 0 Å². The SMILES string of the molecule is CCCOCCCCCNC(=O)CC1=CS[C@](C)(C2(CC3=CC(NC(C)=O)CC=C3)CNN(C(C)(C)C)C2)N1. The molecule has 2 aliphatic heterocycles. The number of carbonyl (C=O) groups excluding carboxylic acids is 2. The zero-order valence-electron chi connectivity index (χ0n) is 25.0. The second-order valence-corrected chi connectivity index (χ2v) is 13.6. The minimum absolute atomic E-state index is 0.00450. The number of thioether (sulfide) groups is 1. The molecule has 3 rings (SSSR count). The Balaban J connectivity index is 1.60. The molecule has 3 aliphatic rings. The number of allylic oxidation sites excluding steroid dienone is 2. The molecule has 2 heterocycles. The monoisotopic (exact) mass is 561 g/mol. The van der Waals surface area contributed by atoms with Gasteiger partial charge in [-0.15, -0.1) is 11.8 Å². The molecular formula is C30H51N5O3S. The topological polar surface area (TPSA) is 94.7 Å². The third-order valence-corrected chi connectivity index (χ3v) is 9.19. The van der Waals surface area contributed by atoms with E-state index >= 15 is 0 Å². The molecule has 39 heavy (non-hydrogen) atoms. The molecule has 8 nitrogen and oxygen atoms in total. The van der Waals surface area contributed by atoms with Crippen LogP contribution in [0.5, 0.6) is 0 Å². The van der Waals surface area contributed by atoms with Crippen LogP contribution in [0, 0.1) is 5.41 Å². The van der Waals surface area contributed by atoms with Gasteiger partial charge in [0.05, 0.1) is 17.3 Å². The number of carbonyl (C=O) groups is 2. The summed E-state index contributed by atoms with van der Waals surface area (Å²) in [4.78, 5) is 24.1. The number of ether oxygens (including phenoxy) is 1. The van der Waals surface area contributed by atoms with Gasteiger partial charge in [-0.2, -0.15) is 0 Å². The molecule has 0 radical (unpaired) electrons. The fourth-order valence-electron chi connectivity index (χ4n) is 5.47. The minimum Gasteiger partial charge on any atom is -0.381 e. The molecule has 0 saturated carbocycles. The van der Waals surface area contributed by atoms with Gasteiger partial charge in [0.2, 0.25) is 11.8 Å². The first-order chi connectivity index (χ1) is 18.5. The van der Waals surface area contributed by atoms with Crippen molar-refractivity contribution < 1.29 is 14.3 Å². The van der Waals surface area contributed by atoms with Crippen molar-refractivity contribution in [2.45, 2.75) is 103 Å². The Kier molecular flexibility index (Phi) is 11.5. The van der Waals surface area contributed by atoms with Gasteiger partial charge in [-0.3, -0.25) is 15.0 Å². The quantitative estimate of drug-likeness (QED) is 0.234. The van der Waals surface area contributed by atoms with Gasteiger partial charge >= 0.3 is 0 Å². The first kappa shape index (κ1) is 31.7. The van der Waals surface area contributed by atoms with E-state index in [-0.39, 0.29) is 33.7 Å². The van der Waals surface area contributed by atoms with Crippen molar-refractivity contribution in [1.82, 2.24) is 26.4 Å². The molecular weight excluding hydrogens is 510 g/mol. The second-order valence-electron chi connectivity index (χ2n) is 12.4. The molecule has 2 amide bonds. The predicted octanol–water partition coefficient (Wildman–Crippen LogP) is 4.37. The highest BCUT2D eigenvalue weighted by Crippen LogP contribution is 2.51. The van der Waals surface area contributed by atoms with Crippen molar-refractivity contribution in [2.24, 2.45) is 5.41 Å². The summed E-state index contributed by atoms with van der Waals surface area (Å²) in [5.41, 5.74) is 5.75. The van der Waals surface area contributed by atoms with E-state index in [2.05, 4.69) is 84.6 Å². The van der Waals surface area contributed by atoms with Crippen molar-refractivity contribution in [1.29, 1.82) is 0 Å². The van der Waals surface area contributed by atoms with E-state index in [0.29, 0.717) is 13.0 Å². The van der Waals surface area contributed by atoms with Gasteiger partial charge in [-0.05, 0) is 77.2 Å². The number of hydrogen-bond donors (Lipinski definition) is 4. The van der Waals surface area contributed by atoms with E-state index in [1.165, 1.54) is 5.57 Å². The zero-order chi connectivity index (χ0) is 28.5. The fourth-order valence-corrected chi connectivity index (χ4v) is 6.64. The summed E-state index contributed by atoms with van der Waals surface area (Å²) in [5.74, 6) is 0.0574. The largest absolute Gasteiger partial charge is 0.381 e. The Morgan fingerprint density at radius 3 is 2.72 bits per heavy atom. The molecule has 3 atom stereocenters. The summed E-state index contributed by atoms with van der Waals surface area (Å²) in [5, 5.41) is 14.4. The highest BCUT2D eigenvalue weighted by molar-refractivity contribution is 8.03. The molecule has 0 aromatic carbocycles. The van der Waals surface area contributed by atoms with Gasteiger partial charge in [0.1, 0.15) is 0 Å². The van der Waals surface area contributed by atoms with Crippen molar-refractivity contribution in [3.8, 4) is 0 Å². The van der Waals surface area contributed by atoms with E-state index in [4.69, 9.17) is 4.74 Å². The third-order valence-electron chi connectivity index (χ3n) is 7.78. The van der Waals surface area contributed by atoms with Crippen molar-refractivity contribution >= 4 is 23.6 Å². The van der Waals surface area contributed by atoms with Gasteiger partial charge in [-0.1, -0.05) is 25.2 Å². The summed E-state index contributed by atoms with van der Waals surface area (Å²) < 4.78 is 5.53. The lowest BCUT2D eigenvalue weighted by molar-refractivity contribution is -0.121. The number of nitrogens with zero attached hydrogens (tertiary/aromatic N) is 1. The number of nitrogens with one attached hydrogen (secondary N) is 4. The van der Waals surface area contributed by atoms with Gasteiger partial charge in [0.15, 0.2) is 0 Å². The average Bonchev–Trinajstić information content (AvgIpc) is 3.46. The molecule has 1 aliphatic carbocycles. The van der Waals surface area contributed by atoms with Crippen LogP contribution in [0.15, 0.2) is 34.9 Å². The number of unbranched alkanes of at least 4 members (excludes halogenated alkanes) is 2. The van der Waals surface area contributed by atoms with Crippen LogP contribution in [0.3, 0.4) is 0 Å². The Labute approximate surface area is 240 Å². The average molecular weight is 562 g/mol. The molecule has 0 bridgehead atoms. The molecule has 2 unspecified atom stereocenters. The Bertz CT molecular complexity index is 943. The number of amides is 2. The maximum atomic E-state index is 12.7. The van der Waals surface area contributed by atoms with Crippen molar-refractivity contribution in [3.63, 3.8) is 0 Å². The second kappa shape index (κ2) is 14.2. The summed E-state index contributed by atoms with van der Waals surface area (Å²) in [7, 11) is 0. The molecule has 1 fully saturated rings. The lowest BCUT2D eigenvalue weighted by Gasteiger charge is -2.45. The van der Waals surface area contributed by atoms with E-state index in [0.717, 1.165) is 70.5 Å². The highest BCUT2D eigenvalue weighted by atomic mass is 32.2. The summed E-state index contributed by atoms with van der Waals surface area (Å²) in [6, 6.07) is 0.0332. The summed E-state index contributed by atoms with van der Waals surface area (Å²) >= 11 is 1.79. The van der Waals surface area contributed by atoms with Crippen LogP contribution in [0.25, 0.3) is 0 Å². The normalized spacial score (nSPS) is 27.2. The standard InChI is InChI=1S/C30H51N5O3S/c1-7-15-38-16-10-8-9-14-31-27(37)18-26-20-39-29(6,34-26)30(21-32-35(22-30)28(3,4)5)19-24-12-11-13-25(17-24)33-23(2)36/h11-12,17,20,25,32,34H,7-10,13-16,18-19,21-22H2,1-6H3,(H,31,37)(H,33,36)/t25?,29-,30?/m1/s1. The van der Waals surface area contributed by atoms with Gasteiger partial charge in [0.25, 0.3) is 0 Å². The minimum atomic E-state index is -0.288. The molecule has 9 heteroatoms. The molecule has 0 aromatic heterocycles. The molecule has 0 spiro atoms. The van der Waals surface area contributed by atoms with Crippen LogP contribution in [0.1, 0.15) is 86.5 Å². The Morgan fingerprint density at radius 2 is 2.03 bits per heavy atom. The van der Waals surface area contributed by atoms with Crippen molar-refractivity contribution in [3.05, 3.63) is 34.9 Å².